The zero-order valence-corrected chi connectivity index (χ0v) is 39.3. The van der Waals surface area contributed by atoms with E-state index >= 15 is 0 Å². The van der Waals surface area contributed by atoms with Gasteiger partial charge in [0.1, 0.15) is 35.3 Å². The number of pyridine rings is 2. The Morgan fingerprint density at radius 1 is 0.600 bits per heavy atom. The second-order valence-electron chi connectivity index (χ2n) is 18.3. The summed E-state index contributed by atoms with van der Waals surface area (Å²) in [6.07, 6.45) is 7.85. The number of halogens is 2. The number of carbonyl (C=O) groups is 2. The molecule has 2 aromatic carbocycles. The Morgan fingerprint density at radius 2 is 0.986 bits per heavy atom. The summed E-state index contributed by atoms with van der Waals surface area (Å²) in [5.74, 6) is -0.427. The van der Waals surface area contributed by atoms with Gasteiger partial charge in [-0.1, -0.05) is 24.3 Å². The van der Waals surface area contributed by atoms with Crippen LogP contribution in [0.5, 0.6) is 0 Å². The van der Waals surface area contributed by atoms with Crippen molar-refractivity contribution in [2.75, 3.05) is 37.6 Å². The van der Waals surface area contributed by atoms with Crippen molar-refractivity contribution in [3.63, 3.8) is 0 Å². The molecule has 6 N–H and O–H groups in total. The summed E-state index contributed by atoms with van der Waals surface area (Å²) >= 11 is 0. The molecular weight excluding hydrogens is 895 g/mol. The monoisotopic (exact) mass is 948 g/mol. The van der Waals surface area contributed by atoms with E-state index in [9.17, 15) is 28.6 Å². The van der Waals surface area contributed by atoms with E-state index in [2.05, 4.69) is 30.1 Å². The Hall–Kier alpha value is -7.70. The number of carbonyl (C=O) groups excluding carboxylic acids is 2. The van der Waals surface area contributed by atoms with Crippen LogP contribution < -0.4 is 11.5 Å². The molecule has 0 radical (unpaired) electrons. The summed E-state index contributed by atoms with van der Waals surface area (Å²) in [6.45, 7) is 9.54. The minimum atomic E-state index is -0.767. The molecule has 2 fully saturated rings. The minimum Gasteiger partial charge on any atom is -0.388 e. The van der Waals surface area contributed by atoms with Gasteiger partial charge in [0.15, 0.2) is 11.6 Å². The van der Waals surface area contributed by atoms with E-state index in [1.165, 1.54) is 36.9 Å². The van der Waals surface area contributed by atoms with Crippen molar-refractivity contribution < 1.29 is 28.6 Å². The highest BCUT2D eigenvalue weighted by atomic mass is 19.1. The zero-order valence-electron chi connectivity index (χ0n) is 39.3. The number of amides is 2. The van der Waals surface area contributed by atoms with Crippen LogP contribution in [0.2, 0.25) is 0 Å². The van der Waals surface area contributed by atoms with Crippen LogP contribution in [-0.4, -0.2) is 97.2 Å². The second-order valence-corrected chi connectivity index (χ2v) is 18.3. The number of aryl methyl sites for hydroxylation is 4. The summed E-state index contributed by atoms with van der Waals surface area (Å²) < 4.78 is 30.0. The largest absolute Gasteiger partial charge is 0.388 e. The maximum Gasteiger partial charge on any atom is 0.255 e. The van der Waals surface area contributed by atoms with Crippen molar-refractivity contribution in [3.8, 4) is 22.5 Å². The van der Waals surface area contributed by atoms with Crippen LogP contribution in [0.4, 0.5) is 20.4 Å². The van der Waals surface area contributed by atoms with E-state index in [0.29, 0.717) is 71.5 Å². The third-order valence-electron chi connectivity index (χ3n) is 13.6. The number of aliphatic hydroxyl groups excluding tert-OH is 2. The van der Waals surface area contributed by atoms with Gasteiger partial charge in [0, 0.05) is 61.5 Å². The van der Waals surface area contributed by atoms with Crippen molar-refractivity contribution in [1.29, 1.82) is 0 Å². The smallest absolute Gasteiger partial charge is 0.255 e. The summed E-state index contributed by atoms with van der Waals surface area (Å²) in [5.41, 5.74) is 22.0. The summed E-state index contributed by atoms with van der Waals surface area (Å²) in [7, 11) is 0. The van der Waals surface area contributed by atoms with Crippen molar-refractivity contribution >= 4 is 34.5 Å². The van der Waals surface area contributed by atoms with Gasteiger partial charge in [-0.2, -0.15) is 10.2 Å². The number of nitrogens with zero attached hydrogens (tertiary/aromatic N) is 10. The molecule has 4 atom stereocenters. The number of hydrogen-bond donors (Lipinski definition) is 4. The Balaban J connectivity index is 0.000000174. The van der Waals surface area contributed by atoms with Crippen LogP contribution in [0.3, 0.4) is 0 Å². The third kappa shape index (κ3) is 9.39. The van der Waals surface area contributed by atoms with E-state index in [1.807, 2.05) is 52.0 Å². The quantitative estimate of drug-likeness (QED) is 0.117. The van der Waals surface area contributed by atoms with E-state index in [4.69, 9.17) is 11.5 Å². The van der Waals surface area contributed by atoms with Crippen LogP contribution >= 0.6 is 0 Å². The van der Waals surface area contributed by atoms with E-state index in [-0.39, 0.29) is 35.3 Å². The fourth-order valence-electron chi connectivity index (χ4n) is 9.81. The van der Waals surface area contributed by atoms with Crippen molar-refractivity contribution in [3.05, 3.63) is 154 Å². The molecule has 4 unspecified atom stereocenters. The summed E-state index contributed by atoms with van der Waals surface area (Å²) in [6, 6.07) is 19.3. The molecule has 2 amide bonds. The van der Waals surface area contributed by atoms with E-state index in [1.54, 1.807) is 55.5 Å². The Labute approximate surface area is 402 Å². The maximum atomic E-state index is 13.6. The highest BCUT2D eigenvalue weighted by Gasteiger charge is 2.33. The van der Waals surface area contributed by atoms with Crippen LogP contribution in [0.25, 0.3) is 33.5 Å². The number of nitrogens with two attached hydrogens (primary N) is 2. The summed E-state index contributed by atoms with van der Waals surface area (Å²) in [5, 5.41) is 30.4. The molecule has 16 nitrogen and oxygen atoms in total. The topological polar surface area (TPSA) is 219 Å². The Morgan fingerprint density at radius 3 is 1.37 bits per heavy atom. The van der Waals surface area contributed by atoms with Crippen LogP contribution in [-0.2, 0) is 0 Å². The molecule has 0 bridgehead atoms. The molecule has 8 aromatic rings. The van der Waals surface area contributed by atoms with Gasteiger partial charge in [-0.3, -0.25) is 19.6 Å². The first kappa shape index (κ1) is 47.4. The average Bonchev–Trinajstić information content (AvgIpc) is 3.91. The fourth-order valence-corrected chi connectivity index (χ4v) is 9.81. The SMILES string of the molecule is Cc1ncc(-c2cc(C)c3c(N)ncnn23)cc1C(=O)N1CCCC(C(O)c2ccc(F)cc2)C1.Cc1ncc(-c2cc(C)c3c(N)ncnn23)cc1C(=O)N1CCCC(C(O)c2ccc(F)cc2)C1. The molecule has 18 heteroatoms. The normalized spacial score (nSPS) is 17.0. The summed E-state index contributed by atoms with van der Waals surface area (Å²) in [4.78, 5) is 47.9. The fraction of sp³-hybridized carbons (Fsp3) is 0.308. The zero-order chi connectivity index (χ0) is 49.4. The number of aromatic nitrogens is 8. The number of benzene rings is 2. The lowest BCUT2D eigenvalue weighted by Crippen LogP contribution is -2.42. The molecule has 2 aliphatic rings. The van der Waals surface area contributed by atoms with Crippen molar-refractivity contribution in [2.24, 2.45) is 11.8 Å². The van der Waals surface area contributed by atoms with E-state index < -0.39 is 12.2 Å². The molecule has 0 aliphatic carbocycles. The average molecular weight is 949 g/mol. The van der Waals surface area contributed by atoms with Crippen molar-refractivity contribution in [1.82, 2.24) is 49.0 Å². The first-order chi connectivity index (χ1) is 33.7. The van der Waals surface area contributed by atoms with Crippen LogP contribution in [0.15, 0.2) is 97.8 Å². The lowest BCUT2D eigenvalue weighted by atomic mass is 9.88. The third-order valence-corrected chi connectivity index (χ3v) is 13.6. The predicted molar refractivity (Wildman–Crippen MR) is 260 cm³/mol. The van der Waals surface area contributed by atoms with Gasteiger partial charge < -0.3 is 31.5 Å². The van der Waals surface area contributed by atoms with Gasteiger partial charge in [-0.15, -0.1) is 0 Å². The van der Waals surface area contributed by atoms with Gasteiger partial charge >= 0.3 is 0 Å². The molecule has 6 aromatic heterocycles. The molecule has 0 spiro atoms. The number of nitrogen functional groups attached to an aromatic ring is 2. The molecular formula is C52H54F2N12O4. The van der Waals surface area contributed by atoms with Gasteiger partial charge in [-0.05, 0) is 124 Å². The number of piperidine rings is 2. The lowest BCUT2D eigenvalue weighted by Gasteiger charge is -2.35. The number of aliphatic hydroxyl groups is 2. The highest BCUT2D eigenvalue weighted by molar-refractivity contribution is 5.97. The predicted octanol–water partition coefficient (Wildman–Crippen LogP) is 7.43. The minimum absolute atomic E-state index is 0.125. The van der Waals surface area contributed by atoms with E-state index in [0.717, 1.165) is 70.4 Å². The standard InChI is InChI=1S/2C26H27FN6O2/c2*1-15-10-22(33-23(15)25(28)30-14-31-33)19-11-21(16(2)29-12-19)26(35)32-9-3-4-18(13-32)24(34)17-5-7-20(27)8-6-17/h2*5-8,10-12,14,18,24,34H,3-4,9,13H2,1-2H3,(H2,28,30,31). The van der Waals surface area contributed by atoms with Gasteiger partial charge in [-0.25, -0.2) is 27.8 Å². The molecule has 8 heterocycles. The number of fused-ring (bicyclic) bond motifs is 2. The molecule has 0 saturated carbocycles. The number of anilines is 2. The van der Waals surface area contributed by atoms with Gasteiger partial charge in [0.05, 0.1) is 46.1 Å². The second kappa shape index (κ2) is 19.7. The number of likely N-dealkylation sites (tertiary alicyclic amines) is 2. The molecule has 10 rings (SSSR count). The van der Waals surface area contributed by atoms with Crippen LogP contribution in [0, 0.1) is 51.2 Å². The first-order valence-corrected chi connectivity index (χ1v) is 23.2. The molecule has 2 saturated heterocycles. The number of rotatable bonds is 8. The van der Waals surface area contributed by atoms with Crippen molar-refractivity contribution in [2.45, 2.75) is 65.6 Å². The lowest BCUT2D eigenvalue weighted by molar-refractivity contribution is 0.0393. The molecule has 70 heavy (non-hydrogen) atoms. The first-order valence-electron chi connectivity index (χ1n) is 23.2. The van der Waals surface area contributed by atoms with Crippen LogP contribution in [0.1, 0.15) is 92.2 Å². The van der Waals surface area contributed by atoms with Gasteiger partial charge in [0.25, 0.3) is 11.8 Å². The number of hydrogen-bond acceptors (Lipinski definition) is 12. The Kier molecular flexibility index (Phi) is 13.3. The highest BCUT2D eigenvalue weighted by Crippen LogP contribution is 2.35. The molecule has 2 aliphatic heterocycles. The molecule has 360 valence electrons. The van der Waals surface area contributed by atoms with Gasteiger partial charge in [0.2, 0.25) is 0 Å². The maximum absolute atomic E-state index is 13.6. The Bertz CT molecular complexity index is 3020.